The smallest absolute Gasteiger partial charge is 0.297 e. The van der Waals surface area contributed by atoms with Crippen molar-refractivity contribution in [1.82, 2.24) is 24.4 Å². The molecule has 6 heteroatoms. The van der Waals surface area contributed by atoms with Gasteiger partial charge in [-0.3, -0.25) is 14.5 Å². The lowest BCUT2D eigenvalue weighted by molar-refractivity contribution is 0.218. The van der Waals surface area contributed by atoms with E-state index in [9.17, 15) is 4.79 Å². The number of hydrogen-bond acceptors (Lipinski definition) is 4. The molecule has 1 aliphatic rings. The van der Waals surface area contributed by atoms with Gasteiger partial charge in [-0.25, -0.2) is 14.8 Å². The molecule has 3 aromatic rings. The summed E-state index contributed by atoms with van der Waals surface area (Å²) in [6, 6.07) is 9.91. The van der Waals surface area contributed by atoms with E-state index in [1.165, 1.54) is 19.3 Å². The first-order valence-corrected chi connectivity index (χ1v) is 8.96. The van der Waals surface area contributed by atoms with Gasteiger partial charge in [-0.05, 0) is 38.4 Å². The minimum atomic E-state index is -0.165. The molecule has 3 heterocycles. The molecule has 0 radical (unpaired) electrons. The summed E-state index contributed by atoms with van der Waals surface area (Å²) < 4.78 is 1.71. The Kier molecular flexibility index (Phi) is 4.36. The second kappa shape index (κ2) is 6.80. The number of nitrogens with one attached hydrogen (secondary N) is 1. The summed E-state index contributed by atoms with van der Waals surface area (Å²) >= 11 is 0. The van der Waals surface area contributed by atoms with Crippen molar-refractivity contribution < 1.29 is 0 Å². The fourth-order valence-electron chi connectivity index (χ4n) is 3.59. The Morgan fingerprint density at radius 3 is 2.68 bits per heavy atom. The van der Waals surface area contributed by atoms with Gasteiger partial charge in [0.15, 0.2) is 11.3 Å². The number of hydrogen-bond donors (Lipinski definition) is 1. The monoisotopic (exact) mass is 337 g/mol. The number of imidazole rings is 1. The van der Waals surface area contributed by atoms with Crippen molar-refractivity contribution in [3.8, 4) is 0 Å². The van der Waals surface area contributed by atoms with Crippen LogP contribution < -0.4 is 5.69 Å². The Bertz CT molecular complexity index is 908. The molecule has 0 amide bonds. The molecule has 1 aromatic carbocycles. The standard InChI is InChI=1S/C19H23N5O/c1-14(15-8-4-2-5-9-15)24-18-17(22-19(24)25)20-12-16(21-18)13-23-10-6-3-7-11-23/h2,4-5,8-9,12,14H,3,6-7,10-11,13H2,1H3,(H,20,22,25). The molecule has 0 spiro atoms. The van der Waals surface area contributed by atoms with Crippen LogP contribution in [-0.2, 0) is 6.54 Å². The number of likely N-dealkylation sites (tertiary alicyclic amines) is 1. The van der Waals surface area contributed by atoms with Crippen molar-refractivity contribution in [1.29, 1.82) is 0 Å². The Morgan fingerprint density at radius 1 is 1.16 bits per heavy atom. The zero-order chi connectivity index (χ0) is 17.2. The van der Waals surface area contributed by atoms with E-state index < -0.39 is 0 Å². The highest BCUT2D eigenvalue weighted by atomic mass is 16.1. The number of piperidine rings is 1. The second-order valence-corrected chi connectivity index (χ2v) is 6.76. The molecule has 1 atom stereocenters. The molecule has 4 rings (SSSR count). The van der Waals surface area contributed by atoms with Crippen LogP contribution in [0.5, 0.6) is 0 Å². The predicted molar refractivity (Wildman–Crippen MR) is 97.5 cm³/mol. The highest BCUT2D eigenvalue weighted by molar-refractivity contribution is 5.65. The molecule has 0 saturated carbocycles. The van der Waals surface area contributed by atoms with E-state index in [0.29, 0.717) is 11.3 Å². The number of aromatic nitrogens is 4. The van der Waals surface area contributed by atoms with Crippen LogP contribution >= 0.6 is 0 Å². The van der Waals surface area contributed by atoms with Gasteiger partial charge in [0, 0.05) is 6.54 Å². The summed E-state index contributed by atoms with van der Waals surface area (Å²) in [6.07, 6.45) is 5.59. The van der Waals surface area contributed by atoms with E-state index in [1.54, 1.807) is 10.8 Å². The van der Waals surface area contributed by atoms with Gasteiger partial charge in [-0.2, -0.15) is 0 Å². The summed E-state index contributed by atoms with van der Waals surface area (Å²) in [5.41, 5.74) is 3.02. The SMILES string of the molecule is CC(c1ccccc1)n1c(=O)[nH]c2ncc(CN3CCCCC3)nc21. The molecule has 0 bridgehead atoms. The number of fused-ring (bicyclic) bond motifs is 1. The van der Waals surface area contributed by atoms with Gasteiger partial charge >= 0.3 is 5.69 Å². The fraction of sp³-hybridized carbons (Fsp3) is 0.421. The molecular formula is C19H23N5O. The predicted octanol–water partition coefficient (Wildman–Crippen LogP) is 2.71. The van der Waals surface area contributed by atoms with Gasteiger partial charge < -0.3 is 0 Å². The van der Waals surface area contributed by atoms with Crippen molar-refractivity contribution in [3.05, 3.63) is 58.3 Å². The number of benzene rings is 1. The number of rotatable bonds is 4. The molecule has 25 heavy (non-hydrogen) atoms. The van der Waals surface area contributed by atoms with Gasteiger partial charge in [0.1, 0.15) is 0 Å². The molecule has 1 unspecified atom stereocenters. The van der Waals surface area contributed by atoms with E-state index in [0.717, 1.165) is 30.9 Å². The highest BCUT2D eigenvalue weighted by Crippen LogP contribution is 2.20. The van der Waals surface area contributed by atoms with E-state index >= 15 is 0 Å². The van der Waals surface area contributed by atoms with Crippen LogP contribution in [-0.4, -0.2) is 37.5 Å². The number of H-pyrrole nitrogens is 1. The minimum absolute atomic E-state index is 0.0954. The van der Waals surface area contributed by atoms with Crippen molar-refractivity contribution in [3.63, 3.8) is 0 Å². The first-order chi connectivity index (χ1) is 12.2. The molecule has 0 aliphatic carbocycles. The zero-order valence-corrected chi connectivity index (χ0v) is 14.5. The van der Waals surface area contributed by atoms with Crippen LogP contribution in [0.2, 0.25) is 0 Å². The molecule has 2 aromatic heterocycles. The van der Waals surface area contributed by atoms with E-state index in [-0.39, 0.29) is 11.7 Å². The largest absolute Gasteiger partial charge is 0.329 e. The maximum absolute atomic E-state index is 12.5. The van der Waals surface area contributed by atoms with Crippen LogP contribution in [0.4, 0.5) is 0 Å². The number of nitrogens with zero attached hydrogens (tertiary/aromatic N) is 4. The Morgan fingerprint density at radius 2 is 1.92 bits per heavy atom. The topological polar surface area (TPSA) is 66.8 Å². The average molecular weight is 337 g/mol. The maximum Gasteiger partial charge on any atom is 0.329 e. The lowest BCUT2D eigenvalue weighted by Gasteiger charge is -2.25. The minimum Gasteiger partial charge on any atom is -0.297 e. The third-order valence-corrected chi connectivity index (χ3v) is 4.98. The Hall–Kier alpha value is -2.47. The van der Waals surface area contributed by atoms with Crippen LogP contribution in [0.25, 0.3) is 11.3 Å². The van der Waals surface area contributed by atoms with Crippen molar-refractivity contribution in [2.24, 2.45) is 0 Å². The van der Waals surface area contributed by atoms with Crippen molar-refractivity contribution >= 4 is 11.3 Å². The molecule has 6 nitrogen and oxygen atoms in total. The first kappa shape index (κ1) is 16.0. The normalized spacial score (nSPS) is 17.0. The Balaban J connectivity index is 1.70. The summed E-state index contributed by atoms with van der Waals surface area (Å²) in [7, 11) is 0. The summed E-state index contributed by atoms with van der Waals surface area (Å²) in [5.74, 6) is 0. The average Bonchev–Trinajstić information content (AvgIpc) is 2.98. The van der Waals surface area contributed by atoms with E-state index in [4.69, 9.17) is 4.98 Å². The van der Waals surface area contributed by atoms with E-state index in [2.05, 4.69) is 14.9 Å². The summed E-state index contributed by atoms with van der Waals surface area (Å²) in [4.78, 5) is 26.9. The van der Waals surface area contributed by atoms with Gasteiger partial charge in [0.05, 0.1) is 17.9 Å². The van der Waals surface area contributed by atoms with E-state index in [1.807, 2.05) is 37.3 Å². The molecule has 1 aliphatic heterocycles. The van der Waals surface area contributed by atoms with Crippen molar-refractivity contribution in [2.45, 2.75) is 38.8 Å². The molecule has 1 N–H and O–H groups in total. The van der Waals surface area contributed by atoms with Gasteiger partial charge in [-0.1, -0.05) is 36.8 Å². The van der Waals surface area contributed by atoms with Gasteiger partial charge in [-0.15, -0.1) is 0 Å². The third-order valence-electron chi connectivity index (χ3n) is 4.98. The van der Waals surface area contributed by atoms with Gasteiger partial charge in [0.2, 0.25) is 0 Å². The second-order valence-electron chi connectivity index (χ2n) is 6.76. The fourth-order valence-corrected chi connectivity index (χ4v) is 3.59. The number of aromatic amines is 1. The van der Waals surface area contributed by atoms with Crippen LogP contribution in [0.3, 0.4) is 0 Å². The molecule has 1 fully saturated rings. The quantitative estimate of drug-likeness (QED) is 0.795. The Labute approximate surface area is 146 Å². The van der Waals surface area contributed by atoms with Crippen LogP contribution in [0, 0.1) is 0 Å². The molecule has 1 saturated heterocycles. The lowest BCUT2D eigenvalue weighted by atomic mass is 10.1. The third kappa shape index (κ3) is 3.22. The highest BCUT2D eigenvalue weighted by Gasteiger charge is 2.18. The first-order valence-electron chi connectivity index (χ1n) is 8.96. The summed E-state index contributed by atoms with van der Waals surface area (Å²) in [6.45, 7) is 5.03. The van der Waals surface area contributed by atoms with Crippen LogP contribution in [0.1, 0.15) is 43.5 Å². The van der Waals surface area contributed by atoms with Gasteiger partial charge in [0.25, 0.3) is 0 Å². The maximum atomic E-state index is 12.5. The molecular weight excluding hydrogens is 314 g/mol. The molecule has 130 valence electrons. The van der Waals surface area contributed by atoms with Crippen LogP contribution in [0.15, 0.2) is 41.3 Å². The van der Waals surface area contributed by atoms with Crippen molar-refractivity contribution in [2.75, 3.05) is 13.1 Å². The lowest BCUT2D eigenvalue weighted by Crippen LogP contribution is -2.29. The summed E-state index contributed by atoms with van der Waals surface area (Å²) in [5, 5.41) is 0. The zero-order valence-electron chi connectivity index (χ0n) is 14.5.